The molecule has 0 radical (unpaired) electrons. The number of fused-ring (bicyclic) bond motifs is 7. The van der Waals surface area contributed by atoms with Gasteiger partial charge in [0, 0.05) is 35.8 Å². The van der Waals surface area contributed by atoms with Crippen molar-refractivity contribution in [2.45, 2.75) is 70.1 Å². The molecule has 1 aliphatic heterocycles. The monoisotopic (exact) mass is 527 g/mol. The highest BCUT2D eigenvalue weighted by Gasteiger charge is 2.79. The lowest BCUT2D eigenvalue weighted by molar-refractivity contribution is -0.269. The Kier molecular flexibility index (Phi) is 5.72. The molecule has 8 heteroatoms. The SMILES string of the molecule is Cc1ccc(CN2C[C@@H]3C[C@H]4[C@@H]5C[C@H](F)C6=CC(=O)C=C[C@]6(C)[C@@]5(F)[C@@H](O)C[C@]4(C)[C@]3(C(=O)CO)O2)cc1. The number of aliphatic hydroxyl groups is 2. The van der Waals surface area contributed by atoms with E-state index in [1.54, 1.807) is 12.0 Å². The van der Waals surface area contributed by atoms with Gasteiger partial charge in [0.2, 0.25) is 0 Å². The first-order chi connectivity index (χ1) is 17.9. The first kappa shape index (κ1) is 26.0. The van der Waals surface area contributed by atoms with Crippen molar-refractivity contribution in [3.63, 3.8) is 0 Å². The molecule has 0 spiro atoms. The van der Waals surface area contributed by atoms with E-state index in [1.165, 1.54) is 18.2 Å². The lowest BCUT2D eigenvalue weighted by Crippen LogP contribution is -2.70. The van der Waals surface area contributed by atoms with Gasteiger partial charge in [-0.15, -0.1) is 0 Å². The molecular weight excluding hydrogens is 492 g/mol. The molecule has 4 fully saturated rings. The maximum Gasteiger partial charge on any atom is 0.192 e. The van der Waals surface area contributed by atoms with Crippen LogP contribution in [0.1, 0.15) is 44.2 Å². The van der Waals surface area contributed by atoms with Gasteiger partial charge in [-0.05, 0) is 62.3 Å². The molecule has 204 valence electrons. The molecule has 4 aliphatic carbocycles. The van der Waals surface area contributed by atoms with Gasteiger partial charge in [-0.3, -0.25) is 14.4 Å². The normalized spacial score (nSPS) is 45.7. The molecule has 1 saturated heterocycles. The largest absolute Gasteiger partial charge is 0.390 e. The third kappa shape index (κ3) is 3.12. The van der Waals surface area contributed by atoms with Gasteiger partial charge < -0.3 is 10.2 Å². The Balaban J connectivity index is 1.39. The number of hydroxylamine groups is 2. The van der Waals surface area contributed by atoms with Gasteiger partial charge >= 0.3 is 0 Å². The zero-order valence-corrected chi connectivity index (χ0v) is 22.0. The van der Waals surface area contributed by atoms with Crippen LogP contribution in [0.25, 0.3) is 0 Å². The smallest absolute Gasteiger partial charge is 0.192 e. The molecule has 1 heterocycles. The van der Waals surface area contributed by atoms with Crippen LogP contribution in [0.2, 0.25) is 0 Å². The highest BCUT2D eigenvalue weighted by molar-refractivity contribution is 6.01. The Bertz CT molecular complexity index is 1250. The van der Waals surface area contributed by atoms with E-state index < -0.39 is 58.6 Å². The summed E-state index contributed by atoms with van der Waals surface area (Å²) in [6, 6.07) is 8.00. The van der Waals surface area contributed by atoms with Crippen molar-refractivity contribution < 1.29 is 33.4 Å². The van der Waals surface area contributed by atoms with Gasteiger partial charge in [0.25, 0.3) is 0 Å². The van der Waals surface area contributed by atoms with Crippen molar-refractivity contribution >= 4 is 11.6 Å². The molecule has 1 aromatic rings. The summed E-state index contributed by atoms with van der Waals surface area (Å²) in [5.74, 6) is -2.57. The number of carbonyl (C=O) groups is 2. The van der Waals surface area contributed by atoms with Crippen molar-refractivity contribution in [3.8, 4) is 0 Å². The number of halogens is 2. The summed E-state index contributed by atoms with van der Waals surface area (Å²) >= 11 is 0. The van der Waals surface area contributed by atoms with Gasteiger partial charge in [-0.25, -0.2) is 8.78 Å². The van der Waals surface area contributed by atoms with E-state index in [0.29, 0.717) is 19.5 Å². The predicted octanol–water partition coefficient (Wildman–Crippen LogP) is 3.59. The van der Waals surface area contributed by atoms with Crippen LogP contribution in [0.3, 0.4) is 0 Å². The summed E-state index contributed by atoms with van der Waals surface area (Å²) in [5.41, 5.74) is -3.95. The maximum absolute atomic E-state index is 17.4. The Morgan fingerprint density at radius 1 is 1.18 bits per heavy atom. The second kappa shape index (κ2) is 8.37. The molecule has 38 heavy (non-hydrogen) atoms. The number of hydrogen-bond donors (Lipinski definition) is 2. The molecule has 0 aromatic heterocycles. The molecule has 5 aliphatic rings. The molecule has 0 unspecified atom stereocenters. The number of hydrogen-bond acceptors (Lipinski definition) is 6. The predicted molar refractivity (Wildman–Crippen MR) is 135 cm³/mol. The Morgan fingerprint density at radius 3 is 2.58 bits per heavy atom. The number of aliphatic hydroxyl groups excluding tert-OH is 2. The molecule has 0 bridgehead atoms. The molecule has 0 amide bonds. The Hall–Kier alpha value is -2.26. The van der Waals surface area contributed by atoms with Crippen molar-refractivity contribution in [1.82, 2.24) is 5.06 Å². The quantitative estimate of drug-likeness (QED) is 0.623. The second-order valence-corrected chi connectivity index (χ2v) is 12.5. The summed E-state index contributed by atoms with van der Waals surface area (Å²) in [5, 5.41) is 23.4. The Morgan fingerprint density at radius 2 is 1.89 bits per heavy atom. The van der Waals surface area contributed by atoms with Crippen LogP contribution >= 0.6 is 0 Å². The molecule has 1 aromatic carbocycles. The zero-order chi connectivity index (χ0) is 27.3. The molecule has 2 N–H and O–H groups in total. The van der Waals surface area contributed by atoms with Crippen LogP contribution in [0.15, 0.2) is 48.1 Å². The summed E-state index contributed by atoms with van der Waals surface area (Å²) in [6.07, 6.45) is 0.943. The van der Waals surface area contributed by atoms with Gasteiger partial charge in [0.05, 0.1) is 6.10 Å². The number of ketones is 2. The zero-order valence-electron chi connectivity index (χ0n) is 22.0. The minimum Gasteiger partial charge on any atom is -0.390 e. The maximum atomic E-state index is 17.4. The van der Waals surface area contributed by atoms with Crippen molar-refractivity contribution in [3.05, 3.63) is 59.2 Å². The van der Waals surface area contributed by atoms with E-state index in [1.807, 2.05) is 38.1 Å². The second-order valence-electron chi connectivity index (χ2n) is 12.5. The fourth-order valence-corrected chi connectivity index (χ4v) is 8.93. The number of rotatable bonds is 4. The van der Waals surface area contributed by atoms with Crippen LogP contribution < -0.4 is 0 Å². The van der Waals surface area contributed by atoms with Crippen molar-refractivity contribution in [2.75, 3.05) is 13.2 Å². The molecule has 3 saturated carbocycles. The average Bonchev–Trinajstić information content (AvgIpc) is 3.35. The lowest BCUT2D eigenvalue weighted by Gasteiger charge is -2.63. The number of nitrogens with zero attached hydrogens (tertiary/aromatic N) is 1. The summed E-state index contributed by atoms with van der Waals surface area (Å²) in [4.78, 5) is 32.1. The van der Waals surface area contributed by atoms with Crippen LogP contribution in [-0.2, 0) is 21.0 Å². The number of allylic oxidation sites excluding steroid dienone is 4. The first-order valence-corrected chi connectivity index (χ1v) is 13.5. The topological polar surface area (TPSA) is 87.1 Å². The number of Topliss-reactive ketones (excluding diaryl/α,β-unsaturated/α-hetero) is 1. The van der Waals surface area contributed by atoms with Gasteiger partial charge in [0.1, 0.15) is 12.8 Å². The lowest BCUT2D eigenvalue weighted by atomic mass is 9.44. The third-order valence-corrected chi connectivity index (χ3v) is 10.7. The van der Waals surface area contributed by atoms with Gasteiger partial charge in [-0.2, -0.15) is 5.06 Å². The number of alkyl halides is 2. The van der Waals surface area contributed by atoms with Crippen LogP contribution in [-0.4, -0.2) is 63.5 Å². The van der Waals surface area contributed by atoms with E-state index >= 15 is 8.78 Å². The fraction of sp³-hybridized carbons (Fsp3) is 0.600. The average molecular weight is 528 g/mol. The molecular formula is C30H35F2NO5. The van der Waals surface area contributed by atoms with Crippen LogP contribution in [0, 0.1) is 35.5 Å². The summed E-state index contributed by atoms with van der Waals surface area (Å²) in [7, 11) is 0. The van der Waals surface area contributed by atoms with E-state index in [4.69, 9.17) is 4.84 Å². The minimum absolute atomic E-state index is 0.0752. The third-order valence-electron chi connectivity index (χ3n) is 10.7. The fourth-order valence-electron chi connectivity index (χ4n) is 8.93. The van der Waals surface area contributed by atoms with Crippen molar-refractivity contribution in [2.24, 2.45) is 28.6 Å². The minimum atomic E-state index is -2.22. The van der Waals surface area contributed by atoms with E-state index in [2.05, 4.69) is 0 Å². The molecule has 6 rings (SSSR count). The van der Waals surface area contributed by atoms with Crippen LogP contribution in [0.4, 0.5) is 8.78 Å². The van der Waals surface area contributed by atoms with Crippen molar-refractivity contribution in [1.29, 1.82) is 0 Å². The Labute approximate surface area is 221 Å². The number of carbonyl (C=O) groups excluding carboxylic acids is 2. The van der Waals surface area contributed by atoms with Gasteiger partial charge in [-0.1, -0.05) is 42.8 Å². The highest BCUT2D eigenvalue weighted by atomic mass is 19.1. The summed E-state index contributed by atoms with van der Waals surface area (Å²) < 4.78 is 33.1. The van der Waals surface area contributed by atoms with E-state index in [9.17, 15) is 19.8 Å². The van der Waals surface area contributed by atoms with E-state index in [-0.39, 0.29) is 30.1 Å². The van der Waals surface area contributed by atoms with Gasteiger partial charge in [0.15, 0.2) is 22.8 Å². The van der Waals surface area contributed by atoms with E-state index in [0.717, 1.165) is 11.1 Å². The standard InChI is InChI=1S/C30H35F2NO5/c1-17-4-6-18(7-5-17)14-33-15-19-10-21-22-12-24(31)23-11-20(35)8-9-27(23,2)29(22,32)25(36)13-28(21,3)30(19,38-33)26(37)16-34/h4-9,11,19,21-22,24-25,34,36H,10,12-16H2,1-3H3/t19-,21-,22-,24-,25-,27-,28-,29-,30-/m0/s1. The highest BCUT2D eigenvalue weighted by Crippen LogP contribution is 2.72. The number of aryl methyl sites for hydroxylation is 1. The molecule has 9 atom stereocenters. The molecule has 6 nitrogen and oxygen atoms in total. The number of benzene rings is 1. The summed E-state index contributed by atoms with van der Waals surface area (Å²) in [6.45, 7) is 5.52. The van der Waals surface area contributed by atoms with Crippen LogP contribution in [0.5, 0.6) is 0 Å². The first-order valence-electron chi connectivity index (χ1n) is 13.5.